The molecular formula is C24H22F2N4O4. The van der Waals surface area contributed by atoms with Crippen molar-refractivity contribution in [3.8, 4) is 11.5 Å². The van der Waals surface area contributed by atoms with Crippen molar-refractivity contribution in [2.45, 2.75) is 20.3 Å². The number of pyridine rings is 1. The smallest absolute Gasteiger partial charge is 0.233 e. The van der Waals surface area contributed by atoms with Crippen LogP contribution in [0.1, 0.15) is 20.3 Å². The Labute approximate surface area is 194 Å². The molecule has 10 heteroatoms. The topological polar surface area (TPSA) is 109 Å². The third-order valence-electron chi connectivity index (χ3n) is 4.41. The number of nitrogens with zero attached hydrogens (tertiary/aromatic N) is 1. The van der Waals surface area contributed by atoms with Gasteiger partial charge < -0.3 is 20.7 Å². The Hall–Kier alpha value is -4.34. The van der Waals surface area contributed by atoms with Crippen LogP contribution < -0.4 is 20.7 Å². The van der Waals surface area contributed by atoms with Crippen LogP contribution in [0.5, 0.6) is 11.5 Å². The van der Waals surface area contributed by atoms with Gasteiger partial charge in [0.25, 0.3) is 0 Å². The van der Waals surface area contributed by atoms with Gasteiger partial charge in [-0.05, 0) is 42.5 Å². The molecule has 0 unspecified atom stereocenters. The van der Waals surface area contributed by atoms with E-state index < -0.39 is 29.9 Å². The molecule has 0 aliphatic rings. The molecular weight excluding hydrogens is 446 g/mol. The molecule has 0 aliphatic heterocycles. The Morgan fingerprint density at radius 1 is 0.882 bits per heavy atom. The molecule has 0 radical (unpaired) electrons. The third kappa shape index (κ3) is 7.09. The number of carbonyl (C=O) groups excluding carboxylic acids is 3. The predicted molar refractivity (Wildman–Crippen MR) is 122 cm³/mol. The van der Waals surface area contributed by atoms with Gasteiger partial charge in [-0.15, -0.1) is 0 Å². The molecule has 176 valence electrons. The van der Waals surface area contributed by atoms with Crippen molar-refractivity contribution in [2.24, 2.45) is 5.92 Å². The molecule has 2 aromatic carbocycles. The summed E-state index contributed by atoms with van der Waals surface area (Å²) in [5.74, 6) is -2.26. The number of carbonyl (C=O) groups is 3. The number of halogens is 2. The first-order chi connectivity index (χ1) is 16.2. The van der Waals surface area contributed by atoms with Crippen molar-refractivity contribution in [1.29, 1.82) is 0 Å². The van der Waals surface area contributed by atoms with Crippen molar-refractivity contribution in [1.82, 2.24) is 4.98 Å². The molecule has 0 saturated heterocycles. The number of ether oxygens (including phenoxy) is 1. The van der Waals surface area contributed by atoms with Crippen LogP contribution in [0.4, 0.5) is 26.0 Å². The van der Waals surface area contributed by atoms with E-state index >= 15 is 0 Å². The lowest BCUT2D eigenvalue weighted by Crippen LogP contribution is -2.21. The number of benzene rings is 2. The molecule has 3 aromatic rings. The summed E-state index contributed by atoms with van der Waals surface area (Å²) in [4.78, 5) is 39.9. The van der Waals surface area contributed by atoms with Crippen LogP contribution in [0.15, 0.2) is 60.8 Å². The summed E-state index contributed by atoms with van der Waals surface area (Å²) in [6.07, 6.45) is 0.879. The SMILES string of the molecule is CC(C)C(=O)Nc1cc(Oc2ccc(NC(=O)CC(=O)Nc3ccc(F)cc3)c(F)c2)ccn1. The minimum atomic E-state index is -0.771. The van der Waals surface area contributed by atoms with Crippen molar-refractivity contribution < 1.29 is 27.9 Å². The van der Waals surface area contributed by atoms with Crippen LogP contribution in [-0.4, -0.2) is 22.7 Å². The number of nitrogens with one attached hydrogen (secondary N) is 3. The highest BCUT2D eigenvalue weighted by molar-refractivity contribution is 6.08. The molecule has 0 bridgehead atoms. The molecule has 1 aromatic heterocycles. The zero-order valence-electron chi connectivity index (χ0n) is 18.4. The summed E-state index contributed by atoms with van der Waals surface area (Å²) >= 11 is 0. The van der Waals surface area contributed by atoms with E-state index in [2.05, 4.69) is 20.9 Å². The molecule has 3 rings (SSSR count). The number of hydrogen-bond acceptors (Lipinski definition) is 5. The summed E-state index contributed by atoms with van der Waals surface area (Å²) in [6.45, 7) is 3.49. The molecule has 34 heavy (non-hydrogen) atoms. The van der Waals surface area contributed by atoms with Crippen molar-refractivity contribution >= 4 is 34.9 Å². The average Bonchev–Trinajstić information content (AvgIpc) is 2.77. The van der Waals surface area contributed by atoms with Crippen LogP contribution in [0.3, 0.4) is 0 Å². The van der Waals surface area contributed by atoms with Crippen molar-refractivity contribution in [3.05, 3.63) is 72.4 Å². The molecule has 3 amide bonds. The summed E-state index contributed by atoms with van der Waals surface area (Å²) in [5.41, 5.74) is 0.196. The maximum absolute atomic E-state index is 14.5. The highest BCUT2D eigenvalue weighted by atomic mass is 19.1. The lowest BCUT2D eigenvalue weighted by Gasteiger charge is -2.11. The molecule has 0 spiro atoms. The average molecular weight is 468 g/mol. The van der Waals surface area contributed by atoms with E-state index in [-0.39, 0.29) is 23.3 Å². The minimum Gasteiger partial charge on any atom is -0.457 e. The molecule has 1 heterocycles. The van der Waals surface area contributed by atoms with E-state index in [1.165, 1.54) is 48.7 Å². The fraction of sp³-hybridized carbons (Fsp3) is 0.167. The van der Waals surface area contributed by atoms with Crippen molar-refractivity contribution in [2.75, 3.05) is 16.0 Å². The largest absolute Gasteiger partial charge is 0.457 e. The number of amides is 3. The predicted octanol–water partition coefficient (Wildman–Crippen LogP) is 4.71. The summed E-state index contributed by atoms with van der Waals surface area (Å²) < 4.78 is 33.0. The first-order valence-electron chi connectivity index (χ1n) is 10.3. The van der Waals surface area contributed by atoms with Gasteiger partial charge in [-0.25, -0.2) is 13.8 Å². The van der Waals surface area contributed by atoms with Gasteiger partial charge in [-0.1, -0.05) is 13.8 Å². The first-order valence-corrected chi connectivity index (χ1v) is 10.3. The normalized spacial score (nSPS) is 10.5. The Morgan fingerprint density at radius 2 is 1.56 bits per heavy atom. The van der Waals surface area contributed by atoms with E-state index in [9.17, 15) is 23.2 Å². The van der Waals surface area contributed by atoms with Crippen LogP contribution in [0.25, 0.3) is 0 Å². The lowest BCUT2D eigenvalue weighted by atomic mass is 10.2. The van der Waals surface area contributed by atoms with Crippen LogP contribution in [0, 0.1) is 17.6 Å². The third-order valence-corrected chi connectivity index (χ3v) is 4.41. The van der Waals surface area contributed by atoms with Gasteiger partial charge in [-0.2, -0.15) is 0 Å². The summed E-state index contributed by atoms with van der Waals surface area (Å²) in [5, 5.41) is 7.41. The quantitative estimate of drug-likeness (QED) is 0.415. The fourth-order valence-electron chi connectivity index (χ4n) is 2.69. The monoisotopic (exact) mass is 468 g/mol. The van der Waals surface area contributed by atoms with Crippen LogP contribution >= 0.6 is 0 Å². The second kappa shape index (κ2) is 11.0. The van der Waals surface area contributed by atoms with E-state index in [4.69, 9.17) is 4.74 Å². The van der Waals surface area contributed by atoms with E-state index in [1.54, 1.807) is 19.9 Å². The fourth-order valence-corrected chi connectivity index (χ4v) is 2.69. The molecule has 0 saturated carbocycles. The molecule has 0 aliphatic carbocycles. The molecule has 8 nitrogen and oxygen atoms in total. The van der Waals surface area contributed by atoms with E-state index in [1.807, 2.05) is 0 Å². The van der Waals surface area contributed by atoms with Gasteiger partial charge in [0.05, 0.1) is 5.69 Å². The maximum Gasteiger partial charge on any atom is 0.233 e. The number of hydrogen-bond donors (Lipinski definition) is 3. The number of rotatable bonds is 8. The Bertz CT molecular complexity index is 1200. The van der Waals surface area contributed by atoms with E-state index in [0.717, 1.165) is 6.07 Å². The second-order valence-corrected chi connectivity index (χ2v) is 7.54. The Kier molecular flexibility index (Phi) is 7.86. The maximum atomic E-state index is 14.5. The van der Waals surface area contributed by atoms with Gasteiger partial charge in [-0.3, -0.25) is 14.4 Å². The Balaban J connectivity index is 1.57. The molecule has 0 fully saturated rings. The van der Waals surface area contributed by atoms with E-state index in [0.29, 0.717) is 17.3 Å². The standard InChI is InChI=1S/C24H22F2N4O4/c1-14(2)24(33)30-21-12-18(9-10-27-21)34-17-7-8-20(19(26)11-17)29-23(32)13-22(31)28-16-5-3-15(25)4-6-16/h3-12,14H,13H2,1-2H3,(H,28,31)(H,29,32)(H,27,30,33). The van der Waals surface area contributed by atoms with Gasteiger partial charge in [0.1, 0.15) is 35.4 Å². The zero-order chi connectivity index (χ0) is 24.7. The second-order valence-electron chi connectivity index (χ2n) is 7.54. The van der Waals surface area contributed by atoms with Gasteiger partial charge in [0.2, 0.25) is 17.7 Å². The van der Waals surface area contributed by atoms with Crippen LogP contribution in [0.2, 0.25) is 0 Å². The molecule has 0 atom stereocenters. The summed E-state index contributed by atoms with van der Waals surface area (Å²) in [6, 6.07) is 11.9. The van der Waals surface area contributed by atoms with Gasteiger partial charge in [0.15, 0.2) is 0 Å². The Morgan fingerprint density at radius 3 is 2.24 bits per heavy atom. The zero-order valence-corrected chi connectivity index (χ0v) is 18.4. The first kappa shape index (κ1) is 24.3. The lowest BCUT2D eigenvalue weighted by molar-refractivity contribution is -0.124. The van der Waals surface area contributed by atoms with Gasteiger partial charge in [0, 0.05) is 29.9 Å². The van der Waals surface area contributed by atoms with Crippen LogP contribution in [-0.2, 0) is 14.4 Å². The highest BCUT2D eigenvalue weighted by Crippen LogP contribution is 2.27. The number of anilines is 3. The van der Waals surface area contributed by atoms with Gasteiger partial charge >= 0.3 is 0 Å². The molecule has 3 N–H and O–H groups in total. The number of aromatic nitrogens is 1. The summed E-state index contributed by atoms with van der Waals surface area (Å²) in [7, 11) is 0. The highest BCUT2D eigenvalue weighted by Gasteiger charge is 2.14. The van der Waals surface area contributed by atoms with Crippen molar-refractivity contribution in [3.63, 3.8) is 0 Å². The minimum absolute atomic E-state index is 0.133.